The zero-order valence-corrected chi connectivity index (χ0v) is 10.8. The molecule has 1 saturated heterocycles. The summed E-state index contributed by atoms with van der Waals surface area (Å²) in [6.07, 6.45) is 3.77. The van der Waals surface area contributed by atoms with E-state index in [0.717, 1.165) is 13.0 Å². The molecule has 0 amide bonds. The van der Waals surface area contributed by atoms with Gasteiger partial charge < -0.3 is 10.6 Å². The fraction of sp³-hybridized carbons (Fsp3) is 0.600. The lowest BCUT2D eigenvalue weighted by Gasteiger charge is -2.36. The van der Waals surface area contributed by atoms with Gasteiger partial charge in [0.25, 0.3) is 0 Å². The normalized spacial score (nSPS) is 23.5. The maximum absolute atomic E-state index is 5.79. The molecule has 0 aromatic heterocycles. The van der Waals surface area contributed by atoms with Gasteiger partial charge in [-0.1, -0.05) is 30.3 Å². The summed E-state index contributed by atoms with van der Waals surface area (Å²) in [7, 11) is 0. The molecule has 0 spiro atoms. The highest BCUT2D eigenvalue weighted by Gasteiger charge is 2.22. The Labute approximate surface area is 105 Å². The highest BCUT2D eigenvalue weighted by atomic mass is 15.2. The van der Waals surface area contributed by atoms with E-state index in [1.807, 2.05) is 0 Å². The monoisotopic (exact) mass is 232 g/mol. The molecule has 0 saturated carbocycles. The molecule has 1 aliphatic rings. The molecule has 1 fully saturated rings. The lowest BCUT2D eigenvalue weighted by Crippen LogP contribution is -2.44. The molecule has 2 unspecified atom stereocenters. The molecule has 2 rings (SSSR count). The largest absolute Gasteiger partial charge is 0.330 e. The van der Waals surface area contributed by atoms with E-state index in [1.165, 1.54) is 31.5 Å². The molecule has 0 radical (unpaired) electrons. The Morgan fingerprint density at radius 1 is 1.35 bits per heavy atom. The van der Waals surface area contributed by atoms with E-state index < -0.39 is 0 Å². The van der Waals surface area contributed by atoms with E-state index in [4.69, 9.17) is 5.73 Å². The van der Waals surface area contributed by atoms with Crippen LogP contribution in [0.3, 0.4) is 0 Å². The van der Waals surface area contributed by atoms with Crippen molar-refractivity contribution in [2.45, 2.75) is 32.2 Å². The van der Waals surface area contributed by atoms with Crippen molar-refractivity contribution in [2.75, 3.05) is 19.6 Å². The summed E-state index contributed by atoms with van der Waals surface area (Å²) in [5.41, 5.74) is 7.23. The molecule has 2 N–H and O–H groups in total. The van der Waals surface area contributed by atoms with Crippen molar-refractivity contribution in [3.8, 4) is 0 Å². The highest BCUT2D eigenvalue weighted by molar-refractivity contribution is 5.15. The zero-order valence-electron chi connectivity index (χ0n) is 10.8. The van der Waals surface area contributed by atoms with Crippen LogP contribution in [-0.2, 0) is 6.42 Å². The summed E-state index contributed by atoms with van der Waals surface area (Å²) in [5.74, 6) is 0.710. The van der Waals surface area contributed by atoms with Crippen LogP contribution in [0, 0.1) is 5.92 Å². The molecule has 2 atom stereocenters. The highest BCUT2D eigenvalue weighted by Crippen LogP contribution is 2.19. The van der Waals surface area contributed by atoms with Gasteiger partial charge in [0.2, 0.25) is 0 Å². The predicted molar refractivity (Wildman–Crippen MR) is 73.0 cm³/mol. The van der Waals surface area contributed by atoms with Gasteiger partial charge in [-0.05, 0) is 50.8 Å². The molecule has 1 aromatic carbocycles. The second kappa shape index (κ2) is 6.18. The summed E-state index contributed by atoms with van der Waals surface area (Å²) >= 11 is 0. The van der Waals surface area contributed by atoms with E-state index in [2.05, 4.69) is 42.2 Å². The lowest BCUT2D eigenvalue weighted by atomic mass is 9.95. The molecule has 2 heteroatoms. The summed E-state index contributed by atoms with van der Waals surface area (Å²) in [6.45, 7) is 5.61. The lowest BCUT2D eigenvalue weighted by molar-refractivity contribution is 0.134. The Morgan fingerprint density at radius 3 is 2.82 bits per heavy atom. The molecule has 1 aromatic rings. The number of hydrogen-bond donors (Lipinski definition) is 1. The van der Waals surface area contributed by atoms with Gasteiger partial charge in [-0.15, -0.1) is 0 Å². The Bertz CT molecular complexity index is 323. The van der Waals surface area contributed by atoms with E-state index in [9.17, 15) is 0 Å². The molecule has 0 aliphatic carbocycles. The van der Waals surface area contributed by atoms with Gasteiger partial charge in [0.05, 0.1) is 0 Å². The third kappa shape index (κ3) is 3.55. The summed E-state index contributed by atoms with van der Waals surface area (Å²) in [5, 5.41) is 0. The van der Waals surface area contributed by atoms with Crippen LogP contribution in [0.2, 0.25) is 0 Å². The first-order chi connectivity index (χ1) is 8.29. The van der Waals surface area contributed by atoms with Crippen LogP contribution in [0.1, 0.15) is 25.3 Å². The number of benzene rings is 1. The number of nitrogens with zero attached hydrogens (tertiary/aromatic N) is 1. The molecule has 17 heavy (non-hydrogen) atoms. The van der Waals surface area contributed by atoms with Crippen LogP contribution < -0.4 is 5.73 Å². The first-order valence-corrected chi connectivity index (χ1v) is 6.77. The minimum Gasteiger partial charge on any atom is -0.330 e. The first-order valence-electron chi connectivity index (χ1n) is 6.77. The fourth-order valence-corrected chi connectivity index (χ4v) is 2.77. The van der Waals surface area contributed by atoms with E-state index in [1.54, 1.807) is 0 Å². The van der Waals surface area contributed by atoms with Gasteiger partial charge in [0.15, 0.2) is 0 Å². The summed E-state index contributed by atoms with van der Waals surface area (Å²) in [6, 6.07) is 11.4. The topological polar surface area (TPSA) is 29.3 Å². The number of piperidine rings is 1. The van der Waals surface area contributed by atoms with Gasteiger partial charge in [0, 0.05) is 12.6 Å². The maximum Gasteiger partial charge on any atom is 0.0107 e. The van der Waals surface area contributed by atoms with E-state index in [0.29, 0.717) is 12.0 Å². The van der Waals surface area contributed by atoms with Gasteiger partial charge in [-0.3, -0.25) is 0 Å². The molecule has 2 nitrogen and oxygen atoms in total. The minimum absolute atomic E-state index is 0.631. The van der Waals surface area contributed by atoms with Gasteiger partial charge in [0.1, 0.15) is 0 Å². The van der Waals surface area contributed by atoms with Crippen molar-refractivity contribution in [3.63, 3.8) is 0 Å². The Kier molecular flexibility index (Phi) is 4.57. The quantitative estimate of drug-likeness (QED) is 0.863. The van der Waals surface area contributed by atoms with Crippen LogP contribution in [-0.4, -0.2) is 30.6 Å². The zero-order chi connectivity index (χ0) is 12.1. The van der Waals surface area contributed by atoms with Crippen molar-refractivity contribution in [2.24, 2.45) is 11.7 Å². The standard InChI is InChI=1S/C15H24N2/c1-13(10-14-6-3-2-4-7-14)17-9-5-8-15(11-16)12-17/h2-4,6-7,13,15H,5,8-12,16H2,1H3. The number of likely N-dealkylation sites (tertiary alicyclic amines) is 1. The first kappa shape index (κ1) is 12.6. The van der Waals surface area contributed by atoms with E-state index >= 15 is 0 Å². The average Bonchev–Trinajstić information content (AvgIpc) is 2.40. The van der Waals surface area contributed by atoms with Crippen molar-refractivity contribution in [3.05, 3.63) is 35.9 Å². The molecule has 0 bridgehead atoms. The average molecular weight is 232 g/mol. The van der Waals surface area contributed by atoms with E-state index in [-0.39, 0.29) is 0 Å². The number of nitrogens with two attached hydrogens (primary N) is 1. The van der Waals surface area contributed by atoms with Crippen molar-refractivity contribution in [1.29, 1.82) is 0 Å². The van der Waals surface area contributed by atoms with Crippen LogP contribution in [0.25, 0.3) is 0 Å². The number of rotatable bonds is 4. The SMILES string of the molecule is CC(Cc1ccccc1)N1CCCC(CN)C1. The molecular weight excluding hydrogens is 208 g/mol. The van der Waals surface area contributed by atoms with Crippen molar-refractivity contribution in [1.82, 2.24) is 4.90 Å². The molecule has 1 heterocycles. The van der Waals surface area contributed by atoms with Crippen molar-refractivity contribution < 1.29 is 0 Å². The fourth-order valence-electron chi connectivity index (χ4n) is 2.77. The Hall–Kier alpha value is -0.860. The summed E-state index contributed by atoms with van der Waals surface area (Å²) in [4.78, 5) is 2.61. The smallest absolute Gasteiger partial charge is 0.0107 e. The molecule has 1 aliphatic heterocycles. The van der Waals surface area contributed by atoms with Gasteiger partial charge in [-0.2, -0.15) is 0 Å². The molecular formula is C15H24N2. The third-order valence-corrected chi connectivity index (χ3v) is 3.88. The van der Waals surface area contributed by atoms with Crippen molar-refractivity contribution >= 4 is 0 Å². The van der Waals surface area contributed by atoms with Crippen LogP contribution in [0.5, 0.6) is 0 Å². The minimum atomic E-state index is 0.631. The Morgan fingerprint density at radius 2 is 2.12 bits per heavy atom. The van der Waals surface area contributed by atoms with Crippen LogP contribution in [0.15, 0.2) is 30.3 Å². The second-order valence-electron chi connectivity index (χ2n) is 5.28. The van der Waals surface area contributed by atoms with Gasteiger partial charge in [-0.25, -0.2) is 0 Å². The maximum atomic E-state index is 5.79. The molecule has 94 valence electrons. The predicted octanol–water partition coefficient (Wildman–Crippen LogP) is 2.29. The van der Waals surface area contributed by atoms with Crippen LogP contribution in [0.4, 0.5) is 0 Å². The van der Waals surface area contributed by atoms with Crippen LogP contribution >= 0.6 is 0 Å². The third-order valence-electron chi connectivity index (χ3n) is 3.88. The van der Waals surface area contributed by atoms with Gasteiger partial charge >= 0.3 is 0 Å². The second-order valence-corrected chi connectivity index (χ2v) is 5.28. The summed E-state index contributed by atoms with van der Waals surface area (Å²) < 4.78 is 0. The number of hydrogen-bond acceptors (Lipinski definition) is 2. The Balaban J connectivity index is 1.89.